The van der Waals surface area contributed by atoms with Gasteiger partial charge in [-0.15, -0.1) is 26.3 Å². The monoisotopic (exact) mass is 244 g/mol. The Morgan fingerprint density at radius 3 is 1.53 bits per heavy atom. The van der Waals surface area contributed by atoms with E-state index < -0.39 is 5.79 Å². The topological polar surface area (TPSA) is 40.5 Å². The first-order chi connectivity index (χ1) is 7.83. The Bertz CT molecular complexity index is 141. The van der Waals surface area contributed by atoms with Crippen molar-refractivity contribution in [3.05, 3.63) is 26.3 Å². The summed E-state index contributed by atoms with van der Waals surface area (Å²) in [7, 11) is 0. The third kappa shape index (κ3) is 25.6. The van der Waals surface area contributed by atoms with E-state index in [9.17, 15) is 0 Å². The van der Waals surface area contributed by atoms with Gasteiger partial charge in [0.25, 0.3) is 0 Å². The summed E-state index contributed by atoms with van der Waals surface area (Å²) in [6.07, 6.45) is 5.89. The molecule has 2 nitrogen and oxygen atoms in total. The van der Waals surface area contributed by atoms with Crippen molar-refractivity contribution in [2.75, 3.05) is 0 Å². The highest BCUT2D eigenvalue weighted by molar-refractivity contribution is 4.70. The maximum absolute atomic E-state index is 8.08. The molecular formula is C15H32O2. The van der Waals surface area contributed by atoms with Crippen molar-refractivity contribution in [2.45, 2.75) is 59.2 Å². The van der Waals surface area contributed by atoms with Gasteiger partial charge in [-0.1, -0.05) is 33.1 Å². The zero-order valence-electron chi connectivity index (χ0n) is 12.2. The fourth-order valence-corrected chi connectivity index (χ4v) is 1.70. The highest BCUT2D eigenvalue weighted by Crippen LogP contribution is 2.31. The maximum atomic E-state index is 8.08. The van der Waals surface area contributed by atoms with Gasteiger partial charge in [0, 0.05) is 0 Å². The third-order valence-corrected chi connectivity index (χ3v) is 2.38. The highest BCUT2D eigenvalue weighted by Gasteiger charge is 2.18. The molecule has 0 heterocycles. The molecule has 1 rings (SSSR count). The van der Waals surface area contributed by atoms with E-state index in [1.54, 1.807) is 0 Å². The molecule has 0 bridgehead atoms. The zero-order chi connectivity index (χ0) is 14.5. The van der Waals surface area contributed by atoms with Crippen LogP contribution in [0.25, 0.3) is 0 Å². The van der Waals surface area contributed by atoms with E-state index in [-0.39, 0.29) is 0 Å². The van der Waals surface area contributed by atoms with Gasteiger partial charge in [-0.3, -0.25) is 0 Å². The molecule has 1 saturated carbocycles. The normalized spacial score (nSPS) is 22.0. The molecule has 0 aromatic carbocycles. The lowest BCUT2D eigenvalue weighted by Gasteiger charge is -2.03. The lowest BCUT2D eigenvalue weighted by atomic mass is 10.0. The highest BCUT2D eigenvalue weighted by atomic mass is 16.5. The Kier molecular flexibility index (Phi) is 17.2. The summed E-state index contributed by atoms with van der Waals surface area (Å²) in [5.41, 5.74) is 0. The Morgan fingerprint density at radius 2 is 1.41 bits per heavy atom. The second-order valence-corrected chi connectivity index (χ2v) is 4.69. The second-order valence-electron chi connectivity index (χ2n) is 4.69. The van der Waals surface area contributed by atoms with Crippen LogP contribution >= 0.6 is 0 Å². The minimum atomic E-state index is -1.50. The van der Waals surface area contributed by atoms with E-state index in [1.165, 1.54) is 39.5 Å². The molecule has 2 atom stereocenters. The van der Waals surface area contributed by atoms with Crippen LogP contribution in [0.4, 0.5) is 0 Å². The lowest BCUT2D eigenvalue weighted by Crippen LogP contribution is -2.15. The largest absolute Gasteiger partial charge is 0.366 e. The molecule has 1 aliphatic carbocycles. The Balaban J connectivity index is -0.000000190. The predicted molar refractivity (Wildman–Crippen MR) is 77.8 cm³/mol. The first-order valence-electron chi connectivity index (χ1n) is 6.27. The Labute approximate surface area is 108 Å². The molecule has 0 spiro atoms. The standard InChI is InChI=1S/C8H16.C3H8O2.2C2H4/c1-3-8-5-4-7(2)6-8;1-3(2,4)5;2*1-2/h7-8H,3-6H2,1-2H3;4-5H,1-2H3;2*1-2H2/t7-,8+;;;/m0.../s1. The van der Waals surface area contributed by atoms with Crippen molar-refractivity contribution in [1.82, 2.24) is 0 Å². The van der Waals surface area contributed by atoms with Gasteiger partial charge >= 0.3 is 0 Å². The van der Waals surface area contributed by atoms with Crippen LogP contribution in [0.5, 0.6) is 0 Å². The van der Waals surface area contributed by atoms with Gasteiger partial charge in [-0.2, -0.15) is 0 Å². The van der Waals surface area contributed by atoms with Crippen molar-refractivity contribution in [1.29, 1.82) is 0 Å². The van der Waals surface area contributed by atoms with Gasteiger partial charge in [-0.25, -0.2) is 0 Å². The van der Waals surface area contributed by atoms with Crippen molar-refractivity contribution in [3.63, 3.8) is 0 Å². The minimum Gasteiger partial charge on any atom is -0.366 e. The fraction of sp³-hybridized carbons (Fsp3) is 0.733. The van der Waals surface area contributed by atoms with Crippen LogP contribution in [0.3, 0.4) is 0 Å². The van der Waals surface area contributed by atoms with E-state index in [2.05, 4.69) is 40.2 Å². The minimum absolute atomic E-state index is 1.03. The molecule has 0 saturated heterocycles. The quantitative estimate of drug-likeness (QED) is 0.537. The predicted octanol–water partition coefficient (Wildman–Crippen LogP) is 4.14. The molecule has 0 aromatic heterocycles. The number of hydrogen-bond donors (Lipinski definition) is 2. The summed E-state index contributed by atoms with van der Waals surface area (Å²) in [5, 5.41) is 16.2. The molecule has 1 aliphatic rings. The molecule has 2 N–H and O–H groups in total. The molecule has 0 radical (unpaired) electrons. The van der Waals surface area contributed by atoms with Crippen LogP contribution in [0, 0.1) is 11.8 Å². The van der Waals surface area contributed by atoms with Crippen molar-refractivity contribution < 1.29 is 10.2 Å². The van der Waals surface area contributed by atoms with Crippen LogP contribution in [0.2, 0.25) is 0 Å². The van der Waals surface area contributed by atoms with Crippen molar-refractivity contribution >= 4 is 0 Å². The van der Waals surface area contributed by atoms with Crippen LogP contribution in [-0.2, 0) is 0 Å². The third-order valence-electron chi connectivity index (χ3n) is 2.38. The average Bonchev–Trinajstić information content (AvgIpc) is 2.68. The van der Waals surface area contributed by atoms with Gasteiger partial charge in [0.05, 0.1) is 0 Å². The molecule has 2 heteroatoms. The molecule has 104 valence electrons. The van der Waals surface area contributed by atoms with E-state index in [4.69, 9.17) is 10.2 Å². The fourth-order valence-electron chi connectivity index (χ4n) is 1.70. The van der Waals surface area contributed by atoms with Gasteiger partial charge < -0.3 is 10.2 Å². The first kappa shape index (κ1) is 21.7. The van der Waals surface area contributed by atoms with Gasteiger partial charge in [0.2, 0.25) is 0 Å². The maximum Gasteiger partial charge on any atom is 0.156 e. The van der Waals surface area contributed by atoms with E-state index >= 15 is 0 Å². The van der Waals surface area contributed by atoms with Crippen LogP contribution < -0.4 is 0 Å². The molecule has 0 aromatic rings. The summed E-state index contributed by atoms with van der Waals surface area (Å²) in [4.78, 5) is 0. The molecule has 0 amide bonds. The van der Waals surface area contributed by atoms with E-state index in [0.29, 0.717) is 0 Å². The summed E-state index contributed by atoms with van der Waals surface area (Å²) < 4.78 is 0. The Hall–Kier alpha value is -0.600. The molecule has 1 fully saturated rings. The Morgan fingerprint density at radius 1 is 1.06 bits per heavy atom. The second kappa shape index (κ2) is 13.5. The molecule has 0 unspecified atom stereocenters. The number of hydrogen-bond acceptors (Lipinski definition) is 2. The summed E-state index contributed by atoms with van der Waals surface area (Å²) >= 11 is 0. The van der Waals surface area contributed by atoms with Gasteiger partial charge in [0.15, 0.2) is 5.79 Å². The van der Waals surface area contributed by atoms with Gasteiger partial charge in [0.1, 0.15) is 0 Å². The van der Waals surface area contributed by atoms with Gasteiger partial charge in [-0.05, 0) is 32.1 Å². The van der Waals surface area contributed by atoms with Crippen LogP contribution in [0.15, 0.2) is 26.3 Å². The summed E-state index contributed by atoms with van der Waals surface area (Å²) in [5.74, 6) is 0.602. The van der Waals surface area contributed by atoms with Crippen molar-refractivity contribution in [3.8, 4) is 0 Å². The van der Waals surface area contributed by atoms with E-state index in [0.717, 1.165) is 11.8 Å². The lowest BCUT2D eigenvalue weighted by molar-refractivity contribution is -0.127. The average molecular weight is 244 g/mol. The number of rotatable bonds is 1. The molecule has 0 aliphatic heterocycles. The first-order valence-corrected chi connectivity index (χ1v) is 6.27. The van der Waals surface area contributed by atoms with E-state index in [1.807, 2.05) is 0 Å². The summed E-state index contributed by atoms with van der Waals surface area (Å²) in [6, 6.07) is 0. The van der Waals surface area contributed by atoms with Crippen molar-refractivity contribution in [2.24, 2.45) is 11.8 Å². The number of aliphatic hydroxyl groups is 2. The molecule has 17 heavy (non-hydrogen) atoms. The smallest absolute Gasteiger partial charge is 0.156 e. The SMILES string of the molecule is C=C.C=C.CC(C)(O)O.CC[C@@H]1CC[C@H](C)C1. The summed E-state index contributed by atoms with van der Waals surface area (Å²) in [6.45, 7) is 19.3. The van der Waals surface area contributed by atoms with Crippen LogP contribution in [-0.4, -0.2) is 16.0 Å². The molecular weight excluding hydrogens is 212 g/mol. The van der Waals surface area contributed by atoms with Crippen LogP contribution in [0.1, 0.15) is 53.4 Å². The zero-order valence-corrected chi connectivity index (χ0v) is 12.2.